The highest BCUT2D eigenvalue weighted by molar-refractivity contribution is 5.93. The smallest absolute Gasteiger partial charge is 0.227 e. The van der Waals surface area contributed by atoms with E-state index in [4.69, 9.17) is 5.73 Å². The lowest BCUT2D eigenvalue weighted by atomic mass is 10.0. The van der Waals surface area contributed by atoms with Crippen LogP contribution in [-0.2, 0) is 4.79 Å². The summed E-state index contributed by atoms with van der Waals surface area (Å²) < 4.78 is 0. The van der Waals surface area contributed by atoms with E-state index in [1.165, 1.54) is 0 Å². The maximum atomic E-state index is 11.6. The van der Waals surface area contributed by atoms with Gasteiger partial charge < -0.3 is 16.2 Å². The van der Waals surface area contributed by atoms with Crippen LogP contribution in [0.2, 0.25) is 0 Å². The molecule has 4 N–H and O–H groups in total. The number of aliphatic hydroxyl groups excluding tert-OH is 1. The van der Waals surface area contributed by atoms with Gasteiger partial charge in [-0.2, -0.15) is 0 Å². The maximum Gasteiger partial charge on any atom is 0.227 e. The van der Waals surface area contributed by atoms with E-state index in [0.717, 1.165) is 30.5 Å². The molecule has 1 aliphatic carbocycles. The van der Waals surface area contributed by atoms with Gasteiger partial charge in [-0.1, -0.05) is 12.1 Å². The second-order valence-corrected chi connectivity index (χ2v) is 4.83. The van der Waals surface area contributed by atoms with E-state index in [0.29, 0.717) is 13.0 Å². The highest BCUT2D eigenvalue weighted by Gasteiger charge is 2.29. The first-order valence-electron chi connectivity index (χ1n) is 6.49. The molecule has 1 amide bonds. The summed E-state index contributed by atoms with van der Waals surface area (Å²) in [5.74, 6) is 0.311. The number of hydrogen-bond acceptors (Lipinski definition) is 3. The first-order chi connectivity index (χ1) is 8.70. The highest BCUT2D eigenvalue weighted by atomic mass is 16.3. The molecule has 4 heteroatoms. The van der Waals surface area contributed by atoms with Gasteiger partial charge in [-0.25, -0.2) is 0 Å². The van der Waals surface area contributed by atoms with E-state index < -0.39 is 6.10 Å². The maximum absolute atomic E-state index is 11.6. The topological polar surface area (TPSA) is 75.3 Å². The molecule has 1 fully saturated rings. The van der Waals surface area contributed by atoms with Crippen LogP contribution in [0, 0.1) is 5.92 Å². The van der Waals surface area contributed by atoms with Gasteiger partial charge in [-0.05, 0) is 49.9 Å². The summed E-state index contributed by atoms with van der Waals surface area (Å²) in [6, 6.07) is 7.37. The number of aliphatic hydroxyl groups is 1. The van der Waals surface area contributed by atoms with Gasteiger partial charge in [0.2, 0.25) is 5.91 Å². The molecule has 4 nitrogen and oxygen atoms in total. The van der Waals surface area contributed by atoms with Crippen molar-refractivity contribution in [2.24, 2.45) is 11.7 Å². The van der Waals surface area contributed by atoms with Crippen molar-refractivity contribution in [3.05, 3.63) is 29.8 Å². The zero-order valence-electron chi connectivity index (χ0n) is 10.4. The Hall–Kier alpha value is -1.39. The molecule has 1 aromatic carbocycles. The summed E-state index contributed by atoms with van der Waals surface area (Å²) in [4.78, 5) is 11.6. The normalized spacial score (nSPS) is 16.3. The van der Waals surface area contributed by atoms with Crippen LogP contribution in [0.3, 0.4) is 0 Å². The average molecular weight is 248 g/mol. The number of hydrogen-bond donors (Lipinski definition) is 3. The fraction of sp³-hybridized carbons (Fsp3) is 0.500. The summed E-state index contributed by atoms with van der Waals surface area (Å²) >= 11 is 0. The molecular formula is C14H20N2O2. The zero-order valence-corrected chi connectivity index (χ0v) is 10.4. The summed E-state index contributed by atoms with van der Waals surface area (Å²) in [7, 11) is 0. The van der Waals surface area contributed by atoms with Crippen molar-refractivity contribution >= 4 is 11.6 Å². The second-order valence-electron chi connectivity index (χ2n) is 4.83. The lowest BCUT2D eigenvalue weighted by Crippen LogP contribution is -2.13. The molecule has 1 aromatic rings. The number of carbonyl (C=O) groups is 1. The lowest BCUT2D eigenvalue weighted by molar-refractivity contribution is -0.117. The van der Waals surface area contributed by atoms with Crippen molar-refractivity contribution in [3.63, 3.8) is 0 Å². The molecule has 0 radical (unpaired) electrons. The fourth-order valence-electron chi connectivity index (χ4n) is 1.86. The molecule has 0 bridgehead atoms. The van der Waals surface area contributed by atoms with Gasteiger partial charge in [0.15, 0.2) is 0 Å². The van der Waals surface area contributed by atoms with Crippen LogP contribution in [0.25, 0.3) is 0 Å². The first-order valence-corrected chi connectivity index (χ1v) is 6.49. The third-order valence-electron chi connectivity index (χ3n) is 3.19. The van der Waals surface area contributed by atoms with E-state index in [-0.39, 0.29) is 11.8 Å². The summed E-state index contributed by atoms with van der Waals surface area (Å²) in [5.41, 5.74) is 7.07. The summed E-state index contributed by atoms with van der Waals surface area (Å²) in [5, 5.41) is 12.8. The second kappa shape index (κ2) is 5.98. The molecule has 0 aliphatic heterocycles. The van der Waals surface area contributed by atoms with Crippen LogP contribution in [0.1, 0.15) is 37.4 Å². The van der Waals surface area contributed by atoms with Crippen LogP contribution in [0.4, 0.5) is 5.69 Å². The molecule has 0 spiro atoms. The van der Waals surface area contributed by atoms with E-state index in [9.17, 15) is 9.90 Å². The number of rotatable bonds is 6. The minimum Gasteiger partial charge on any atom is -0.388 e. The first kappa shape index (κ1) is 13.1. The van der Waals surface area contributed by atoms with E-state index >= 15 is 0 Å². The lowest BCUT2D eigenvalue weighted by Gasteiger charge is -2.11. The Kier molecular flexibility index (Phi) is 4.33. The minimum atomic E-state index is -0.471. The molecule has 98 valence electrons. The van der Waals surface area contributed by atoms with Gasteiger partial charge in [-0.15, -0.1) is 0 Å². The molecule has 2 rings (SSSR count). The fourth-order valence-corrected chi connectivity index (χ4v) is 1.86. The number of nitrogens with one attached hydrogen (secondary N) is 1. The number of benzene rings is 1. The van der Waals surface area contributed by atoms with Crippen LogP contribution in [0.5, 0.6) is 0 Å². The highest BCUT2D eigenvalue weighted by Crippen LogP contribution is 2.30. The number of amides is 1. The molecule has 0 saturated heterocycles. The Morgan fingerprint density at radius 3 is 2.61 bits per heavy atom. The zero-order chi connectivity index (χ0) is 13.0. The van der Waals surface area contributed by atoms with Gasteiger partial charge in [0.1, 0.15) is 0 Å². The third kappa shape index (κ3) is 3.55. The Balaban J connectivity index is 1.89. The number of nitrogens with two attached hydrogens (primary N) is 1. The van der Waals surface area contributed by atoms with Crippen molar-refractivity contribution in [2.45, 2.75) is 31.8 Å². The molecule has 1 aliphatic rings. The van der Waals surface area contributed by atoms with E-state index in [1.807, 2.05) is 24.3 Å². The predicted molar refractivity (Wildman–Crippen MR) is 71.0 cm³/mol. The average Bonchev–Trinajstić information content (AvgIpc) is 3.21. The molecule has 1 unspecified atom stereocenters. The largest absolute Gasteiger partial charge is 0.388 e. The van der Waals surface area contributed by atoms with Crippen LogP contribution in [-0.4, -0.2) is 17.6 Å². The quantitative estimate of drug-likeness (QED) is 0.718. The van der Waals surface area contributed by atoms with E-state index in [1.54, 1.807) is 0 Å². The van der Waals surface area contributed by atoms with Crippen molar-refractivity contribution in [1.29, 1.82) is 0 Å². The van der Waals surface area contributed by atoms with Crippen LogP contribution in [0.15, 0.2) is 24.3 Å². The Labute approximate surface area is 107 Å². The Bertz CT molecular complexity index is 399. The number of carbonyl (C=O) groups excluding carboxylic acids is 1. The van der Waals surface area contributed by atoms with E-state index in [2.05, 4.69) is 5.32 Å². The third-order valence-corrected chi connectivity index (χ3v) is 3.19. The Morgan fingerprint density at radius 1 is 1.39 bits per heavy atom. The van der Waals surface area contributed by atoms with Gasteiger partial charge in [0, 0.05) is 11.6 Å². The molecule has 18 heavy (non-hydrogen) atoms. The monoisotopic (exact) mass is 248 g/mol. The molecule has 1 saturated carbocycles. The van der Waals surface area contributed by atoms with Gasteiger partial charge in [-0.3, -0.25) is 4.79 Å². The molecule has 0 aromatic heterocycles. The van der Waals surface area contributed by atoms with Crippen molar-refractivity contribution in [3.8, 4) is 0 Å². The minimum absolute atomic E-state index is 0.103. The summed E-state index contributed by atoms with van der Waals surface area (Å²) in [6.45, 7) is 0.590. The van der Waals surface area contributed by atoms with Crippen LogP contribution < -0.4 is 11.1 Å². The van der Waals surface area contributed by atoms with Crippen molar-refractivity contribution in [1.82, 2.24) is 0 Å². The van der Waals surface area contributed by atoms with Crippen molar-refractivity contribution in [2.75, 3.05) is 11.9 Å². The number of anilines is 1. The molecule has 1 atom stereocenters. The van der Waals surface area contributed by atoms with Gasteiger partial charge >= 0.3 is 0 Å². The predicted octanol–water partition coefficient (Wildman–Crippen LogP) is 1.81. The van der Waals surface area contributed by atoms with Crippen LogP contribution >= 0.6 is 0 Å². The van der Waals surface area contributed by atoms with Gasteiger partial charge in [0.05, 0.1) is 6.10 Å². The SMILES string of the molecule is NCCCC(O)c1ccc(NC(=O)C2CC2)cc1. The molecular weight excluding hydrogens is 228 g/mol. The molecule has 0 heterocycles. The Morgan fingerprint density at radius 2 is 2.06 bits per heavy atom. The standard InChI is InChI=1S/C14H20N2O2/c15-9-1-2-13(17)10-5-7-12(8-6-10)16-14(18)11-3-4-11/h5-8,11,13,17H,1-4,9,15H2,(H,16,18). The van der Waals surface area contributed by atoms with Crippen molar-refractivity contribution < 1.29 is 9.90 Å². The van der Waals surface area contributed by atoms with Gasteiger partial charge in [0.25, 0.3) is 0 Å². The summed E-state index contributed by atoms with van der Waals surface area (Å²) in [6.07, 6.45) is 3.01.